The minimum Gasteiger partial charge on any atom is -0.317 e. The van der Waals surface area contributed by atoms with Crippen LogP contribution in [-0.4, -0.2) is 22.9 Å². The quantitative estimate of drug-likeness (QED) is 0.802. The van der Waals surface area contributed by atoms with Gasteiger partial charge in [0.05, 0.1) is 6.20 Å². The number of rotatable bonds is 5. The molecule has 2 rings (SSSR count). The molecule has 1 fully saturated rings. The Morgan fingerprint density at radius 2 is 2.40 bits per heavy atom. The minimum atomic E-state index is 0.477. The Labute approximate surface area is 91.9 Å². The molecule has 84 valence electrons. The largest absolute Gasteiger partial charge is 0.317 e. The molecule has 0 saturated heterocycles. The zero-order valence-electron chi connectivity index (χ0n) is 9.90. The first kappa shape index (κ1) is 10.7. The zero-order valence-corrected chi connectivity index (χ0v) is 9.90. The van der Waals surface area contributed by atoms with Crippen molar-refractivity contribution in [1.29, 1.82) is 0 Å². The van der Waals surface area contributed by atoms with Gasteiger partial charge in [-0.2, -0.15) is 5.10 Å². The zero-order chi connectivity index (χ0) is 10.8. The summed E-state index contributed by atoms with van der Waals surface area (Å²) in [6.45, 7) is 8.73. The van der Waals surface area contributed by atoms with Gasteiger partial charge in [-0.15, -0.1) is 0 Å². The lowest BCUT2D eigenvalue weighted by Gasteiger charge is -2.03. The van der Waals surface area contributed by atoms with E-state index in [1.54, 1.807) is 0 Å². The molecule has 15 heavy (non-hydrogen) atoms. The fraction of sp³-hybridized carbons (Fsp3) is 0.750. The molecule has 1 heterocycles. The molecule has 3 heteroatoms. The third kappa shape index (κ3) is 2.40. The summed E-state index contributed by atoms with van der Waals surface area (Å²) in [5.41, 5.74) is 1.42. The molecule has 1 N–H and O–H groups in total. The van der Waals surface area contributed by atoms with Crippen LogP contribution in [0.3, 0.4) is 0 Å². The van der Waals surface area contributed by atoms with Gasteiger partial charge < -0.3 is 5.32 Å². The van der Waals surface area contributed by atoms with Crippen molar-refractivity contribution in [3.05, 3.63) is 18.0 Å². The van der Waals surface area contributed by atoms with Gasteiger partial charge in [0.15, 0.2) is 0 Å². The van der Waals surface area contributed by atoms with Crippen LogP contribution in [0.25, 0.3) is 0 Å². The van der Waals surface area contributed by atoms with Crippen LogP contribution in [0.15, 0.2) is 12.4 Å². The first-order chi connectivity index (χ1) is 7.22. The molecule has 0 aliphatic heterocycles. The summed E-state index contributed by atoms with van der Waals surface area (Å²) in [6, 6.07) is 0.477. The third-order valence-electron chi connectivity index (χ3n) is 3.16. The predicted molar refractivity (Wildman–Crippen MR) is 62.0 cm³/mol. The summed E-state index contributed by atoms with van der Waals surface area (Å²) in [4.78, 5) is 0. The highest BCUT2D eigenvalue weighted by molar-refractivity contribution is 5.20. The fourth-order valence-electron chi connectivity index (χ4n) is 2.04. The van der Waals surface area contributed by atoms with Crippen LogP contribution in [0.1, 0.15) is 44.7 Å². The maximum absolute atomic E-state index is 4.39. The standard InChI is InChI=1S/C12H21N3/c1-4-13-6-10-5-12(10)11-7-14-15(8-11)9(2)3/h7-10,12-13H,4-6H2,1-3H3. The molecule has 3 nitrogen and oxygen atoms in total. The third-order valence-corrected chi connectivity index (χ3v) is 3.16. The van der Waals surface area contributed by atoms with Gasteiger partial charge in [0.1, 0.15) is 0 Å². The van der Waals surface area contributed by atoms with Crippen molar-refractivity contribution >= 4 is 0 Å². The average Bonchev–Trinajstić information content (AvgIpc) is 2.80. The SMILES string of the molecule is CCNCC1CC1c1cnn(C(C)C)c1. The van der Waals surface area contributed by atoms with Gasteiger partial charge in [0.2, 0.25) is 0 Å². The van der Waals surface area contributed by atoms with Crippen LogP contribution in [0.4, 0.5) is 0 Å². The van der Waals surface area contributed by atoms with Gasteiger partial charge >= 0.3 is 0 Å². The molecule has 1 saturated carbocycles. The van der Waals surface area contributed by atoms with Crippen LogP contribution in [0, 0.1) is 5.92 Å². The van der Waals surface area contributed by atoms with Gasteiger partial charge in [-0.1, -0.05) is 6.92 Å². The van der Waals surface area contributed by atoms with E-state index in [2.05, 4.69) is 42.1 Å². The summed E-state index contributed by atoms with van der Waals surface area (Å²) in [6.07, 6.45) is 5.58. The molecular formula is C12H21N3. The van der Waals surface area contributed by atoms with Crippen LogP contribution in [0.2, 0.25) is 0 Å². The monoisotopic (exact) mass is 207 g/mol. The fourth-order valence-corrected chi connectivity index (χ4v) is 2.04. The van der Waals surface area contributed by atoms with Crippen molar-refractivity contribution in [2.24, 2.45) is 5.92 Å². The Kier molecular flexibility index (Phi) is 3.10. The molecule has 0 aromatic carbocycles. The van der Waals surface area contributed by atoms with Crippen molar-refractivity contribution in [1.82, 2.24) is 15.1 Å². The topological polar surface area (TPSA) is 29.9 Å². The molecule has 2 atom stereocenters. The van der Waals surface area contributed by atoms with Gasteiger partial charge in [-0.05, 0) is 50.8 Å². The normalized spacial score (nSPS) is 24.8. The lowest BCUT2D eigenvalue weighted by Crippen LogP contribution is -2.16. The summed E-state index contributed by atoms with van der Waals surface area (Å²) >= 11 is 0. The van der Waals surface area contributed by atoms with E-state index in [4.69, 9.17) is 0 Å². The van der Waals surface area contributed by atoms with Crippen LogP contribution < -0.4 is 5.32 Å². The Balaban J connectivity index is 1.89. The second kappa shape index (κ2) is 4.35. The second-order valence-corrected chi connectivity index (χ2v) is 4.76. The number of aromatic nitrogens is 2. The summed E-state index contributed by atoms with van der Waals surface area (Å²) in [7, 11) is 0. The predicted octanol–water partition coefficient (Wildman–Crippen LogP) is 2.18. The van der Waals surface area contributed by atoms with E-state index in [1.807, 2.05) is 6.20 Å². The highest BCUT2D eigenvalue weighted by Gasteiger charge is 2.38. The van der Waals surface area contributed by atoms with Crippen molar-refractivity contribution in [2.75, 3.05) is 13.1 Å². The lowest BCUT2D eigenvalue weighted by molar-refractivity contribution is 0.532. The van der Waals surface area contributed by atoms with Crippen molar-refractivity contribution in [2.45, 2.75) is 39.2 Å². The van der Waals surface area contributed by atoms with E-state index < -0.39 is 0 Å². The van der Waals surface area contributed by atoms with Gasteiger partial charge in [-0.25, -0.2) is 0 Å². The molecule has 1 aromatic rings. The van der Waals surface area contributed by atoms with Gasteiger partial charge in [0.25, 0.3) is 0 Å². The van der Waals surface area contributed by atoms with E-state index in [1.165, 1.54) is 12.0 Å². The van der Waals surface area contributed by atoms with Gasteiger partial charge in [0, 0.05) is 12.2 Å². The smallest absolute Gasteiger partial charge is 0.0524 e. The maximum Gasteiger partial charge on any atom is 0.0524 e. The molecule has 2 unspecified atom stereocenters. The maximum atomic E-state index is 4.39. The van der Waals surface area contributed by atoms with Crippen LogP contribution in [0.5, 0.6) is 0 Å². The summed E-state index contributed by atoms with van der Waals surface area (Å²) in [5.74, 6) is 1.60. The Morgan fingerprint density at radius 1 is 1.60 bits per heavy atom. The first-order valence-electron chi connectivity index (χ1n) is 5.97. The average molecular weight is 207 g/mol. The molecule has 0 radical (unpaired) electrons. The number of hydrogen-bond acceptors (Lipinski definition) is 2. The molecule has 1 aliphatic rings. The summed E-state index contributed by atoms with van der Waals surface area (Å²) < 4.78 is 2.05. The molecular weight excluding hydrogens is 186 g/mol. The Bertz CT molecular complexity index is 316. The van der Waals surface area contributed by atoms with Gasteiger partial charge in [-0.3, -0.25) is 4.68 Å². The van der Waals surface area contributed by atoms with E-state index in [-0.39, 0.29) is 0 Å². The molecule has 1 aromatic heterocycles. The van der Waals surface area contributed by atoms with E-state index in [0.29, 0.717) is 6.04 Å². The number of nitrogens with one attached hydrogen (secondary N) is 1. The van der Waals surface area contributed by atoms with Crippen molar-refractivity contribution in [3.63, 3.8) is 0 Å². The molecule has 0 bridgehead atoms. The van der Waals surface area contributed by atoms with Crippen LogP contribution in [-0.2, 0) is 0 Å². The Morgan fingerprint density at radius 3 is 3.00 bits per heavy atom. The van der Waals surface area contributed by atoms with Crippen molar-refractivity contribution in [3.8, 4) is 0 Å². The number of nitrogens with zero attached hydrogens (tertiary/aromatic N) is 2. The number of hydrogen-bond donors (Lipinski definition) is 1. The van der Waals surface area contributed by atoms with E-state index in [0.717, 1.165) is 24.9 Å². The van der Waals surface area contributed by atoms with Crippen LogP contribution >= 0.6 is 0 Å². The van der Waals surface area contributed by atoms with Crippen molar-refractivity contribution < 1.29 is 0 Å². The minimum absolute atomic E-state index is 0.477. The highest BCUT2D eigenvalue weighted by atomic mass is 15.3. The molecule has 0 amide bonds. The second-order valence-electron chi connectivity index (χ2n) is 4.76. The summed E-state index contributed by atoms with van der Waals surface area (Å²) in [5, 5.41) is 7.80. The first-order valence-corrected chi connectivity index (χ1v) is 5.97. The lowest BCUT2D eigenvalue weighted by atomic mass is 10.2. The highest BCUT2D eigenvalue weighted by Crippen LogP contribution is 2.46. The Hall–Kier alpha value is -0.830. The molecule has 0 spiro atoms. The molecule has 1 aliphatic carbocycles. The van der Waals surface area contributed by atoms with E-state index >= 15 is 0 Å². The van der Waals surface area contributed by atoms with E-state index in [9.17, 15) is 0 Å².